The summed E-state index contributed by atoms with van der Waals surface area (Å²) in [6.07, 6.45) is 2.82. The van der Waals surface area contributed by atoms with Gasteiger partial charge in [-0.05, 0) is 18.2 Å². The van der Waals surface area contributed by atoms with Crippen LogP contribution in [0.25, 0.3) is 0 Å². The number of carboxylic acids is 1. The molecule has 1 unspecified atom stereocenters. The van der Waals surface area contributed by atoms with Crippen molar-refractivity contribution < 1.29 is 23.1 Å². The van der Waals surface area contributed by atoms with E-state index in [0.29, 0.717) is 0 Å². The van der Waals surface area contributed by atoms with Gasteiger partial charge in [0.05, 0.1) is 7.11 Å². The van der Waals surface area contributed by atoms with Crippen LogP contribution < -0.4 is 4.74 Å². The minimum absolute atomic E-state index is 0.00499. The topological polar surface area (TPSA) is 83.9 Å². The van der Waals surface area contributed by atoms with E-state index >= 15 is 0 Å². The highest BCUT2D eigenvalue weighted by molar-refractivity contribution is 7.89. The molecule has 0 spiro atoms. The number of halogens is 1. The van der Waals surface area contributed by atoms with Gasteiger partial charge in [-0.1, -0.05) is 23.8 Å². The lowest BCUT2D eigenvalue weighted by Crippen LogP contribution is -2.40. The molecule has 1 atom stereocenters. The molecule has 6 nitrogen and oxygen atoms in total. The number of rotatable bonds is 4. The zero-order valence-electron chi connectivity index (χ0n) is 10.5. The standard InChI is InChI=1S/C12H12ClNO5S/c1-19-10-5-4-8(13)7-11(10)20(17,18)14-6-2-3-9(14)12(15)16/h2-5,7,9H,6H2,1H3,(H,15,16). The maximum atomic E-state index is 12.6. The van der Waals surface area contributed by atoms with Gasteiger partial charge in [0.15, 0.2) is 0 Å². The van der Waals surface area contributed by atoms with Crippen LogP contribution in [0.2, 0.25) is 5.02 Å². The summed E-state index contributed by atoms with van der Waals surface area (Å²) >= 11 is 5.82. The van der Waals surface area contributed by atoms with E-state index in [1.165, 1.54) is 37.5 Å². The third kappa shape index (κ3) is 2.52. The first-order valence-corrected chi connectivity index (χ1v) is 7.44. The van der Waals surface area contributed by atoms with E-state index in [2.05, 4.69) is 0 Å². The van der Waals surface area contributed by atoms with Crippen molar-refractivity contribution >= 4 is 27.6 Å². The molecule has 0 radical (unpaired) electrons. The first-order valence-electron chi connectivity index (χ1n) is 5.63. The molecule has 1 aliphatic rings. The Labute approximate surface area is 121 Å². The first-order chi connectivity index (χ1) is 9.37. The van der Waals surface area contributed by atoms with Crippen LogP contribution in [0.15, 0.2) is 35.2 Å². The second-order valence-electron chi connectivity index (χ2n) is 4.08. The number of benzene rings is 1. The summed E-state index contributed by atoms with van der Waals surface area (Å²) in [5.74, 6) is -1.12. The van der Waals surface area contributed by atoms with E-state index in [1.54, 1.807) is 0 Å². The molecule has 20 heavy (non-hydrogen) atoms. The third-order valence-electron chi connectivity index (χ3n) is 2.88. The second kappa shape index (κ2) is 5.43. The molecule has 0 saturated carbocycles. The van der Waals surface area contributed by atoms with Crippen LogP contribution in [-0.2, 0) is 14.8 Å². The molecule has 1 heterocycles. The van der Waals surface area contributed by atoms with Crippen molar-refractivity contribution in [1.29, 1.82) is 0 Å². The summed E-state index contributed by atoms with van der Waals surface area (Å²) in [5.41, 5.74) is 0. The van der Waals surface area contributed by atoms with Crippen molar-refractivity contribution in [2.75, 3.05) is 13.7 Å². The van der Waals surface area contributed by atoms with Gasteiger partial charge in [0.25, 0.3) is 0 Å². The molecular weight excluding hydrogens is 306 g/mol. The highest BCUT2D eigenvalue weighted by Crippen LogP contribution is 2.31. The van der Waals surface area contributed by atoms with Crippen molar-refractivity contribution in [2.45, 2.75) is 10.9 Å². The summed E-state index contributed by atoms with van der Waals surface area (Å²) in [4.78, 5) is 10.9. The van der Waals surface area contributed by atoms with Crippen LogP contribution in [0.5, 0.6) is 5.75 Å². The Hall–Kier alpha value is -1.57. The third-order valence-corrected chi connectivity index (χ3v) is 4.98. The molecule has 2 rings (SSSR count). The molecule has 1 aromatic carbocycles. The van der Waals surface area contributed by atoms with Crippen LogP contribution in [-0.4, -0.2) is 43.5 Å². The second-order valence-corrected chi connectivity index (χ2v) is 6.38. The zero-order chi connectivity index (χ0) is 14.9. The summed E-state index contributed by atoms with van der Waals surface area (Å²) < 4.78 is 31.0. The highest BCUT2D eigenvalue weighted by Gasteiger charge is 2.38. The van der Waals surface area contributed by atoms with Gasteiger partial charge < -0.3 is 9.84 Å². The van der Waals surface area contributed by atoms with Gasteiger partial charge in [-0.25, -0.2) is 8.42 Å². The van der Waals surface area contributed by atoms with Gasteiger partial charge in [-0.15, -0.1) is 0 Å². The van der Waals surface area contributed by atoms with E-state index in [9.17, 15) is 13.2 Å². The molecular formula is C12H12ClNO5S. The van der Waals surface area contributed by atoms with Gasteiger partial charge in [-0.3, -0.25) is 4.79 Å². The predicted octanol–water partition coefficient (Wildman–Crippen LogP) is 1.36. The molecule has 1 N–H and O–H groups in total. The Bertz CT molecular complexity index is 670. The number of nitrogens with zero attached hydrogens (tertiary/aromatic N) is 1. The SMILES string of the molecule is COc1ccc(Cl)cc1S(=O)(=O)N1CC=CC1C(=O)O. The van der Waals surface area contributed by atoms with Gasteiger partial charge in [0.1, 0.15) is 16.7 Å². The number of aliphatic carboxylic acids is 1. The van der Waals surface area contributed by atoms with Crippen molar-refractivity contribution in [3.8, 4) is 5.75 Å². The minimum atomic E-state index is -4.02. The Balaban J connectivity index is 2.51. The fourth-order valence-corrected chi connectivity index (χ4v) is 3.85. The first kappa shape index (κ1) is 14.8. The summed E-state index contributed by atoms with van der Waals surface area (Å²) in [5, 5.41) is 9.29. The lowest BCUT2D eigenvalue weighted by Gasteiger charge is -2.22. The van der Waals surface area contributed by atoms with Crippen molar-refractivity contribution in [3.05, 3.63) is 35.4 Å². The molecule has 0 amide bonds. The molecule has 0 fully saturated rings. The number of carbonyl (C=O) groups is 1. The maximum absolute atomic E-state index is 12.6. The fourth-order valence-electron chi connectivity index (χ4n) is 1.93. The summed E-state index contributed by atoms with van der Waals surface area (Å²) in [6.45, 7) is -0.00499. The summed E-state index contributed by atoms with van der Waals surface area (Å²) in [6, 6.07) is 2.95. The number of hydrogen-bond acceptors (Lipinski definition) is 4. The van der Waals surface area contributed by atoms with Crippen LogP contribution >= 0.6 is 11.6 Å². The number of sulfonamides is 1. The lowest BCUT2D eigenvalue weighted by molar-refractivity contribution is -0.139. The largest absolute Gasteiger partial charge is 0.495 e. The monoisotopic (exact) mass is 317 g/mol. The van der Waals surface area contributed by atoms with E-state index in [-0.39, 0.29) is 22.2 Å². The lowest BCUT2D eigenvalue weighted by atomic mass is 10.3. The Morgan fingerprint density at radius 3 is 2.80 bits per heavy atom. The number of hydrogen-bond donors (Lipinski definition) is 1. The van der Waals surface area contributed by atoms with Crippen LogP contribution in [0.1, 0.15) is 0 Å². The molecule has 0 aliphatic carbocycles. The molecule has 8 heteroatoms. The van der Waals surface area contributed by atoms with Gasteiger partial charge >= 0.3 is 5.97 Å². The smallest absolute Gasteiger partial charge is 0.326 e. The Morgan fingerprint density at radius 1 is 1.50 bits per heavy atom. The fraction of sp³-hybridized carbons (Fsp3) is 0.250. The number of methoxy groups -OCH3 is 1. The molecule has 1 aromatic rings. The molecule has 108 valence electrons. The Morgan fingerprint density at radius 2 is 2.20 bits per heavy atom. The average Bonchev–Trinajstić information content (AvgIpc) is 2.88. The molecule has 0 saturated heterocycles. The van der Waals surface area contributed by atoms with Gasteiger partial charge in [0, 0.05) is 11.6 Å². The van der Waals surface area contributed by atoms with Crippen molar-refractivity contribution in [2.24, 2.45) is 0 Å². The Kier molecular flexibility index (Phi) is 4.03. The van der Waals surface area contributed by atoms with E-state index in [4.69, 9.17) is 21.4 Å². The predicted molar refractivity (Wildman–Crippen MR) is 72.5 cm³/mol. The van der Waals surface area contributed by atoms with Crippen molar-refractivity contribution in [1.82, 2.24) is 4.31 Å². The van der Waals surface area contributed by atoms with Crippen LogP contribution in [0.3, 0.4) is 0 Å². The molecule has 0 aromatic heterocycles. The van der Waals surface area contributed by atoms with E-state index in [1.807, 2.05) is 0 Å². The van der Waals surface area contributed by atoms with E-state index < -0.39 is 22.0 Å². The minimum Gasteiger partial charge on any atom is -0.495 e. The quantitative estimate of drug-likeness (QED) is 0.848. The van der Waals surface area contributed by atoms with Crippen LogP contribution in [0, 0.1) is 0 Å². The van der Waals surface area contributed by atoms with Crippen LogP contribution in [0.4, 0.5) is 0 Å². The summed E-state index contributed by atoms with van der Waals surface area (Å²) in [7, 11) is -2.69. The molecule has 0 bridgehead atoms. The maximum Gasteiger partial charge on any atom is 0.326 e. The van der Waals surface area contributed by atoms with Gasteiger partial charge in [-0.2, -0.15) is 4.31 Å². The molecule has 1 aliphatic heterocycles. The van der Waals surface area contributed by atoms with Crippen molar-refractivity contribution in [3.63, 3.8) is 0 Å². The average molecular weight is 318 g/mol. The normalized spacial score (nSPS) is 19.2. The van der Waals surface area contributed by atoms with E-state index in [0.717, 1.165) is 4.31 Å². The number of ether oxygens (including phenoxy) is 1. The highest BCUT2D eigenvalue weighted by atomic mass is 35.5. The number of carboxylic acid groups (broad SMARTS) is 1. The zero-order valence-corrected chi connectivity index (χ0v) is 12.1. The van der Waals surface area contributed by atoms with Gasteiger partial charge in [0.2, 0.25) is 10.0 Å².